The van der Waals surface area contributed by atoms with Gasteiger partial charge in [0.15, 0.2) is 0 Å². The molecule has 0 radical (unpaired) electrons. The lowest BCUT2D eigenvalue weighted by atomic mass is 10.1. The van der Waals surface area contributed by atoms with Crippen LogP contribution >= 0.6 is 49.2 Å². The minimum atomic E-state index is -2.57. The van der Waals surface area contributed by atoms with Crippen molar-refractivity contribution in [2.45, 2.75) is 13.0 Å². The van der Waals surface area contributed by atoms with Gasteiger partial charge in [-0.3, -0.25) is 0 Å². The van der Waals surface area contributed by atoms with Gasteiger partial charge in [-0.2, -0.15) is 0 Å². The Balaban J connectivity index is 3.00. The molecule has 0 saturated heterocycles. The Morgan fingerprint density at radius 2 is 1.92 bits per heavy atom. The SMILES string of the molecule is Cc1cccc(Br)c1C[Si](Cl)(Cl)Cl. The van der Waals surface area contributed by atoms with Crippen molar-refractivity contribution in [2.24, 2.45) is 0 Å². The topological polar surface area (TPSA) is 0 Å². The van der Waals surface area contributed by atoms with Gasteiger partial charge >= 0.3 is 6.00 Å². The fourth-order valence-corrected chi connectivity index (χ4v) is 4.03. The van der Waals surface area contributed by atoms with Crippen LogP contribution in [0.4, 0.5) is 0 Å². The van der Waals surface area contributed by atoms with Crippen molar-refractivity contribution in [2.75, 3.05) is 0 Å². The third-order valence-electron chi connectivity index (χ3n) is 1.73. The lowest BCUT2D eigenvalue weighted by Gasteiger charge is -2.12. The van der Waals surface area contributed by atoms with E-state index in [0.29, 0.717) is 6.04 Å². The molecule has 0 saturated carbocycles. The molecule has 0 spiro atoms. The monoisotopic (exact) mass is 316 g/mol. The molecule has 0 aliphatic heterocycles. The molecule has 1 rings (SSSR count). The highest BCUT2D eigenvalue weighted by molar-refractivity contribution is 9.10. The van der Waals surface area contributed by atoms with E-state index in [1.54, 1.807) is 0 Å². The molecule has 0 heterocycles. The molecule has 0 atom stereocenters. The van der Waals surface area contributed by atoms with Gasteiger partial charge in [-0.1, -0.05) is 28.1 Å². The number of hydrogen-bond acceptors (Lipinski definition) is 0. The van der Waals surface area contributed by atoms with Crippen molar-refractivity contribution >= 4 is 55.2 Å². The predicted molar refractivity (Wildman–Crippen MR) is 65.9 cm³/mol. The molecule has 0 aromatic heterocycles. The molecular formula is C8H8BrCl3Si. The summed E-state index contributed by atoms with van der Waals surface area (Å²) in [4.78, 5) is 0. The van der Waals surface area contributed by atoms with E-state index < -0.39 is 6.00 Å². The third-order valence-corrected chi connectivity index (χ3v) is 4.43. The number of aryl methyl sites for hydroxylation is 1. The average molecular weight is 319 g/mol. The summed E-state index contributed by atoms with van der Waals surface area (Å²) in [5, 5.41) is 0. The van der Waals surface area contributed by atoms with Crippen LogP contribution in [-0.4, -0.2) is 6.00 Å². The van der Waals surface area contributed by atoms with Crippen LogP contribution in [0.2, 0.25) is 0 Å². The summed E-state index contributed by atoms with van der Waals surface area (Å²) in [6.07, 6.45) is 0. The molecule has 0 unspecified atom stereocenters. The first-order valence-corrected chi connectivity index (χ1v) is 9.74. The Kier molecular flexibility index (Phi) is 4.14. The summed E-state index contributed by atoms with van der Waals surface area (Å²) in [5.74, 6) is 0. The maximum atomic E-state index is 5.86. The normalized spacial score (nSPS) is 11.8. The van der Waals surface area contributed by atoms with Gasteiger partial charge < -0.3 is 0 Å². The molecular weight excluding hydrogens is 310 g/mol. The fourth-order valence-electron chi connectivity index (χ4n) is 1.09. The summed E-state index contributed by atoms with van der Waals surface area (Å²) in [5.41, 5.74) is 2.27. The molecule has 0 fully saturated rings. The summed E-state index contributed by atoms with van der Waals surface area (Å²) in [7, 11) is 0. The lowest BCUT2D eigenvalue weighted by Crippen LogP contribution is -2.15. The summed E-state index contributed by atoms with van der Waals surface area (Å²) in [6.45, 7) is 2.02. The number of hydrogen-bond donors (Lipinski definition) is 0. The van der Waals surface area contributed by atoms with Crippen LogP contribution in [0.1, 0.15) is 11.1 Å². The van der Waals surface area contributed by atoms with Crippen molar-refractivity contribution < 1.29 is 0 Å². The van der Waals surface area contributed by atoms with Crippen LogP contribution in [0.15, 0.2) is 22.7 Å². The number of halogens is 4. The van der Waals surface area contributed by atoms with Crippen LogP contribution in [-0.2, 0) is 6.04 Å². The zero-order valence-corrected chi connectivity index (χ0v) is 11.8. The van der Waals surface area contributed by atoms with E-state index in [4.69, 9.17) is 33.2 Å². The highest BCUT2D eigenvalue weighted by Crippen LogP contribution is 2.30. The summed E-state index contributed by atoms with van der Waals surface area (Å²) in [6, 6.07) is 3.95. The first-order chi connectivity index (χ1) is 5.90. The predicted octanol–water partition coefficient (Wildman–Crippen LogP) is 4.49. The van der Waals surface area contributed by atoms with Gasteiger partial charge in [0, 0.05) is 10.5 Å². The van der Waals surface area contributed by atoms with Gasteiger partial charge in [0.05, 0.1) is 0 Å². The first kappa shape index (κ1) is 11.9. The van der Waals surface area contributed by atoms with Crippen molar-refractivity contribution in [1.29, 1.82) is 0 Å². The van der Waals surface area contributed by atoms with E-state index in [-0.39, 0.29) is 0 Å². The second kappa shape index (κ2) is 4.54. The minimum Gasteiger partial charge on any atom is -0.126 e. The van der Waals surface area contributed by atoms with E-state index in [1.807, 2.05) is 25.1 Å². The van der Waals surface area contributed by atoms with Crippen molar-refractivity contribution in [3.63, 3.8) is 0 Å². The van der Waals surface area contributed by atoms with E-state index in [0.717, 1.165) is 15.6 Å². The Morgan fingerprint density at radius 3 is 2.38 bits per heavy atom. The number of rotatable bonds is 2. The molecule has 0 amide bonds. The van der Waals surface area contributed by atoms with Gasteiger partial charge in [0.2, 0.25) is 0 Å². The molecule has 0 N–H and O–H groups in total. The molecule has 0 bridgehead atoms. The van der Waals surface area contributed by atoms with Crippen LogP contribution in [0.5, 0.6) is 0 Å². The largest absolute Gasteiger partial charge is 0.345 e. The van der Waals surface area contributed by atoms with E-state index >= 15 is 0 Å². The molecule has 0 aliphatic carbocycles. The van der Waals surface area contributed by atoms with Crippen molar-refractivity contribution in [3.05, 3.63) is 33.8 Å². The van der Waals surface area contributed by atoms with Gasteiger partial charge in [-0.25, -0.2) is 0 Å². The first-order valence-electron chi connectivity index (χ1n) is 3.71. The zero-order valence-electron chi connectivity index (χ0n) is 6.95. The molecule has 13 heavy (non-hydrogen) atoms. The lowest BCUT2D eigenvalue weighted by molar-refractivity contribution is 1.27. The Hall–Kier alpha value is 0.787. The van der Waals surface area contributed by atoms with Gasteiger partial charge in [0.1, 0.15) is 0 Å². The van der Waals surface area contributed by atoms with Gasteiger partial charge in [-0.15, -0.1) is 33.2 Å². The maximum Gasteiger partial charge on any atom is 0.345 e. The molecule has 72 valence electrons. The molecule has 1 aromatic carbocycles. The Bertz CT molecular complexity index is 288. The quantitative estimate of drug-likeness (QED) is 0.556. The van der Waals surface area contributed by atoms with Crippen LogP contribution in [0, 0.1) is 6.92 Å². The Labute approximate surface area is 101 Å². The standard InChI is InChI=1S/C8H8BrCl3Si/c1-6-3-2-4-8(9)7(6)5-13(10,11)12/h2-4H,5H2,1H3. The maximum absolute atomic E-state index is 5.86. The van der Waals surface area contributed by atoms with Gasteiger partial charge in [-0.05, 0) is 24.1 Å². The fraction of sp³-hybridized carbons (Fsp3) is 0.250. The van der Waals surface area contributed by atoms with E-state index in [9.17, 15) is 0 Å². The van der Waals surface area contributed by atoms with Crippen molar-refractivity contribution in [3.8, 4) is 0 Å². The van der Waals surface area contributed by atoms with Crippen LogP contribution in [0.25, 0.3) is 0 Å². The van der Waals surface area contributed by atoms with Crippen LogP contribution < -0.4 is 0 Å². The highest BCUT2D eigenvalue weighted by Gasteiger charge is 2.27. The summed E-state index contributed by atoms with van der Waals surface area (Å²) < 4.78 is 1.02. The minimum absolute atomic E-state index is 0.560. The number of benzene rings is 1. The zero-order chi connectivity index (χ0) is 10.1. The average Bonchev–Trinajstić information content (AvgIpc) is 1.95. The Morgan fingerprint density at radius 1 is 1.31 bits per heavy atom. The summed E-state index contributed by atoms with van der Waals surface area (Å²) >= 11 is 21.0. The van der Waals surface area contributed by atoms with Crippen molar-refractivity contribution in [1.82, 2.24) is 0 Å². The molecule has 0 aliphatic rings. The second-order valence-corrected chi connectivity index (χ2v) is 12.8. The molecule has 0 nitrogen and oxygen atoms in total. The van der Waals surface area contributed by atoms with Crippen LogP contribution in [0.3, 0.4) is 0 Å². The smallest absolute Gasteiger partial charge is 0.126 e. The molecule has 5 heteroatoms. The third kappa shape index (κ3) is 3.80. The van der Waals surface area contributed by atoms with E-state index in [1.165, 1.54) is 0 Å². The van der Waals surface area contributed by atoms with Gasteiger partial charge in [0.25, 0.3) is 0 Å². The molecule has 1 aromatic rings. The second-order valence-electron chi connectivity index (χ2n) is 2.83. The highest BCUT2D eigenvalue weighted by atomic mass is 79.9. The van der Waals surface area contributed by atoms with E-state index in [2.05, 4.69) is 15.9 Å².